The molecule has 1 aromatic carbocycles. The van der Waals surface area contributed by atoms with Crippen molar-refractivity contribution in [2.45, 2.75) is 6.92 Å². The number of benzene rings is 1. The number of aromatic nitrogens is 3. The van der Waals surface area contributed by atoms with Crippen LogP contribution in [-0.2, 0) is 0 Å². The van der Waals surface area contributed by atoms with Crippen molar-refractivity contribution in [2.24, 2.45) is 0 Å². The molecule has 0 unspecified atom stereocenters. The van der Waals surface area contributed by atoms with Crippen molar-refractivity contribution >= 4 is 16.7 Å². The van der Waals surface area contributed by atoms with Crippen LogP contribution in [0.1, 0.15) is 5.69 Å². The van der Waals surface area contributed by atoms with E-state index in [9.17, 15) is 4.39 Å². The molecule has 2 aromatic heterocycles. The van der Waals surface area contributed by atoms with Gasteiger partial charge in [-0.05, 0) is 19.1 Å². The Labute approximate surface area is 115 Å². The number of hydrogen-bond donors (Lipinski definition) is 1. The van der Waals surface area contributed by atoms with Crippen molar-refractivity contribution in [3.63, 3.8) is 0 Å². The van der Waals surface area contributed by atoms with Gasteiger partial charge in [0.05, 0.1) is 11.2 Å². The molecular weight excluding hydrogens is 255 g/mol. The van der Waals surface area contributed by atoms with Gasteiger partial charge in [-0.25, -0.2) is 19.3 Å². The molecule has 0 aliphatic rings. The molecule has 2 heterocycles. The van der Waals surface area contributed by atoms with Crippen LogP contribution in [0.25, 0.3) is 22.4 Å². The van der Waals surface area contributed by atoms with Crippen LogP contribution in [0.5, 0.6) is 0 Å². The van der Waals surface area contributed by atoms with Crippen molar-refractivity contribution < 1.29 is 4.39 Å². The molecule has 0 saturated heterocycles. The molecule has 0 spiro atoms. The highest BCUT2D eigenvalue weighted by atomic mass is 19.1. The zero-order valence-corrected chi connectivity index (χ0v) is 11.2. The fourth-order valence-electron chi connectivity index (χ4n) is 2.03. The molecule has 0 fully saturated rings. The predicted octanol–water partition coefficient (Wildman–Crippen LogP) is 3.18. The van der Waals surface area contributed by atoms with Crippen molar-refractivity contribution in [2.75, 3.05) is 12.4 Å². The number of nitrogens with zero attached hydrogens (tertiary/aromatic N) is 3. The van der Waals surface area contributed by atoms with E-state index in [4.69, 9.17) is 0 Å². The third kappa shape index (κ3) is 2.07. The quantitative estimate of drug-likeness (QED) is 0.775. The predicted molar refractivity (Wildman–Crippen MR) is 77.0 cm³/mol. The maximum Gasteiger partial charge on any atom is 0.186 e. The second-order valence-electron chi connectivity index (χ2n) is 4.43. The summed E-state index contributed by atoms with van der Waals surface area (Å²) in [7, 11) is 1.63. The Kier molecular flexibility index (Phi) is 3.02. The molecule has 3 aromatic rings. The maximum atomic E-state index is 13.7. The van der Waals surface area contributed by atoms with Gasteiger partial charge in [0, 0.05) is 12.4 Å². The van der Waals surface area contributed by atoms with E-state index < -0.39 is 5.82 Å². The van der Waals surface area contributed by atoms with E-state index in [2.05, 4.69) is 20.3 Å². The Balaban J connectivity index is 2.17. The Hall–Kier alpha value is -2.56. The smallest absolute Gasteiger partial charge is 0.186 e. The van der Waals surface area contributed by atoms with Crippen molar-refractivity contribution in [3.05, 3.63) is 47.9 Å². The topological polar surface area (TPSA) is 50.7 Å². The van der Waals surface area contributed by atoms with E-state index in [1.54, 1.807) is 14.0 Å². The van der Waals surface area contributed by atoms with Crippen molar-refractivity contribution in [3.8, 4) is 11.5 Å². The van der Waals surface area contributed by atoms with Gasteiger partial charge in [-0.2, -0.15) is 0 Å². The number of aryl methyl sites for hydroxylation is 1. The molecule has 0 atom stereocenters. The summed E-state index contributed by atoms with van der Waals surface area (Å²) in [5, 5.41) is 3.77. The molecule has 0 aliphatic carbocycles. The van der Waals surface area contributed by atoms with Crippen LogP contribution in [0, 0.1) is 12.7 Å². The summed E-state index contributed by atoms with van der Waals surface area (Å²) in [4.78, 5) is 12.9. The van der Waals surface area contributed by atoms with Gasteiger partial charge in [0.25, 0.3) is 0 Å². The summed E-state index contributed by atoms with van der Waals surface area (Å²) >= 11 is 0. The lowest BCUT2D eigenvalue weighted by Crippen LogP contribution is -2.04. The standard InChI is InChI=1S/C15H13FN4/c1-9-13(16)15(17-2)20-14(18-9)12-8-7-10-5-3-4-6-11(10)19-12/h3-8H,1-2H3,(H,17,18,20). The fraction of sp³-hybridized carbons (Fsp3) is 0.133. The minimum Gasteiger partial charge on any atom is -0.371 e. The van der Waals surface area contributed by atoms with Crippen LogP contribution < -0.4 is 5.32 Å². The zero-order chi connectivity index (χ0) is 14.1. The first-order valence-corrected chi connectivity index (χ1v) is 6.27. The summed E-state index contributed by atoms with van der Waals surface area (Å²) in [6.07, 6.45) is 0. The van der Waals surface area contributed by atoms with E-state index in [0.717, 1.165) is 10.9 Å². The average Bonchev–Trinajstić information content (AvgIpc) is 2.49. The van der Waals surface area contributed by atoms with Crippen LogP contribution in [0.3, 0.4) is 0 Å². The minimum atomic E-state index is -0.433. The lowest BCUT2D eigenvalue weighted by Gasteiger charge is -2.07. The monoisotopic (exact) mass is 268 g/mol. The largest absolute Gasteiger partial charge is 0.371 e. The molecule has 1 N–H and O–H groups in total. The maximum absolute atomic E-state index is 13.7. The molecule has 5 heteroatoms. The Morgan fingerprint density at radius 3 is 2.60 bits per heavy atom. The van der Waals surface area contributed by atoms with Crippen molar-refractivity contribution in [1.82, 2.24) is 15.0 Å². The van der Waals surface area contributed by atoms with Crippen LogP contribution in [0.15, 0.2) is 36.4 Å². The highest BCUT2D eigenvalue weighted by Gasteiger charge is 2.12. The van der Waals surface area contributed by atoms with Gasteiger partial charge in [0.15, 0.2) is 17.5 Å². The SMILES string of the molecule is CNc1nc(-c2ccc3ccccc3n2)nc(C)c1F. The molecule has 3 rings (SSSR count). The number of fused-ring (bicyclic) bond motifs is 1. The molecule has 100 valence electrons. The Bertz CT molecular complexity index is 786. The second kappa shape index (κ2) is 4.85. The number of anilines is 1. The van der Waals surface area contributed by atoms with Crippen LogP contribution in [0.2, 0.25) is 0 Å². The highest BCUT2D eigenvalue weighted by Crippen LogP contribution is 2.21. The number of para-hydroxylation sites is 1. The second-order valence-corrected chi connectivity index (χ2v) is 4.43. The summed E-state index contributed by atoms with van der Waals surface area (Å²) < 4.78 is 13.7. The van der Waals surface area contributed by atoms with Crippen LogP contribution in [-0.4, -0.2) is 22.0 Å². The Morgan fingerprint density at radius 1 is 1.00 bits per heavy atom. The number of nitrogens with one attached hydrogen (secondary N) is 1. The van der Waals surface area contributed by atoms with Gasteiger partial charge in [-0.1, -0.05) is 24.3 Å². The third-order valence-electron chi connectivity index (χ3n) is 3.08. The molecule has 0 amide bonds. The van der Waals surface area contributed by atoms with E-state index in [-0.39, 0.29) is 5.82 Å². The molecule has 20 heavy (non-hydrogen) atoms. The first-order chi connectivity index (χ1) is 9.69. The number of hydrogen-bond acceptors (Lipinski definition) is 4. The molecule has 0 saturated carbocycles. The first kappa shape index (κ1) is 12.5. The molecule has 0 aliphatic heterocycles. The normalized spacial score (nSPS) is 10.8. The van der Waals surface area contributed by atoms with Gasteiger partial charge in [0.2, 0.25) is 0 Å². The van der Waals surface area contributed by atoms with E-state index in [0.29, 0.717) is 17.2 Å². The van der Waals surface area contributed by atoms with Crippen LogP contribution >= 0.6 is 0 Å². The lowest BCUT2D eigenvalue weighted by molar-refractivity contribution is 0.607. The molecule has 0 radical (unpaired) electrons. The summed E-state index contributed by atoms with van der Waals surface area (Å²) in [5.41, 5.74) is 1.79. The number of rotatable bonds is 2. The number of halogens is 1. The van der Waals surface area contributed by atoms with Gasteiger partial charge in [-0.15, -0.1) is 0 Å². The summed E-state index contributed by atoms with van der Waals surface area (Å²) in [5.74, 6) is 0.165. The highest BCUT2D eigenvalue weighted by molar-refractivity contribution is 5.80. The molecule has 4 nitrogen and oxygen atoms in total. The van der Waals surface area contributed by atoms with Crippen molar-refractivity contribution in [1.29, 1.82) is 0 Å². The third-order valence-corrected chi connectivity index (χ3v) is 3.08. The number of pyridine rings is 1. The van der Waals surface area contributed by atoms with Gasteiger partial charge < -0.3 is 5.32 Å². The van der Waals surface area contributed by atoms with Gasteiger partial charge in [-0.3, -0.25) is 0 Å². The lowest BCUT2D eigenvalue weighted by atomic mass is 10.2. The molecule has 0 bridgehead atoms. The van der Waals surface area contributed by atoms with E-state index >= 15 is 0 Å². The van der Waals surface area contributed by atoms with E-state index in [1.807, 2.05) is 36.4 Å². The Morgan fingerprint density at radius 2 is 1.80 bits per heavy atom. The van der Waals surface area contributed by atoms with Crippen LogP contribution in [0.4, 0.5) is 10.2 Å². The van der Waals surface area contributed by atoms with Gasteiger partial charge in [0.1, 0.15) is 5.69 Å². The fourth-order valence-corrected chi connectivity index (χ4v) is 2.03. The molecular formula is C15H13FN4. The summed E-state index contributed by atoms with van der Waals surface area (Å²) in [6.45, 7) is 1.61. The van der Waals surface area contributed by atoms with Gasteiger partial charge >= 0.3 is 0 Å². The zero-order valence-electron chi connectivity index (χ0n) is 11.2. The first-order valence-electron chi connectivity index (χ1n) is 6.27. The average molecular weight is 268 g/mol. The summed E-state index contributed by atoms with van der Waals surface area (Å²) in [6, 6.07) is 11.6. The minimum absolute atomic E-state index is 0.183. The van der Waals surface area contributed by atoms with E-state index in [1.165, 1.54) is 0 Å².